The van der Waals surface area contributed by atoms with Gasteiger partial charge in [0.15, 0.2) is 0 Å². The average Bonchev–Trinajstić information content (AvgIpc) is 2.39. The first-order valence-electron chi connectivity index (χ1n) is 4.97. The molecule has 2 heterocycles. The summed E-state index contributed by atoms with van der Waals surface area (Å²) in [5.41, 5.74) is 0.779. The molecule has 0 amide bonds. The van der Waals surface area contributed by atoms with E-state index in [1.54, 1.807) is 0 Å². The first-order chi connectivity index (χ1) is 8.58. The number of aromatic carboxylic acids is 2. The summed E-state index contributed by atoms with van der Waals surface area (Å²) in [5.74, 6) is -2.15. The third-order valence-corrected chi connectivity index (χ3v) is 2.28. The molecule has 6 nitrogen and oxygen atoms in total. The molecule has 0 aliphatic heterocycles. The number of rotatable bonds is 3. The Kier molecular flexibility index (Phi) is 4.74. The maximum Gasteiger partial charge on any atom is 0.335 e. The van der Waals surface area contributed by atoms with Crippen LogP contribution in [0, 0.1) is 0 Å². The minimum atomic E-state index is -1.08. The molecule has 0 spiro atoms. The Morgan fingerprint density at radius 3 is 1.53 bits per heavy atom. The monoisotopic (exact) mass is 307 g/mol. The van der Waals surface area contributed by atoms with Gasteiger partial charge in [0.2, 0.25) is 0 Å². The predicted molar refractivity (Wildman–Crippen MR) is 61.4 cm³/mol. The molecular formula is C12H8CuN2O4. The average molecular weight is 308 g/mol. The summed E-state index contributed by atoms with van der Waals surface area (Å²) in [5, 5.41) is 17.7. The van der Waals surface area contributed by atoms with Crippen LogP contribution in [0.4, 0.5) is 0 Å². The van der Waals surface area contributed by atoms with E-state index < -0.39 is 11.9 Å². The number of carboxylic acids is 2. The van der Waals surface area contributed by atoms with Gasteiger partial charge in [0.05, 0.1) is 22.5 Å². The summed E-state index contributed by atoms with van der Waals surface area (Å²) in [6.45, 7) is 0. The van der Waals surface area contributed by atoms with Crippen molar-refractivity contribution in [1.82, 2.24) is 9.97 Å². The van der Waals surface area contributed by atoms with E-state index in [-0.39, 0.29) is 28.2 Å². The van der Waals surface area contributed by atoms with E-state index in [9.17, 15) is 9.59 Å². The van der Waals surface area contributed by atoms with Crippen LogP contribution in [0.3, 0.4) is 0 Å². The molecule has 0 fully saturated rings. The second-order valence-corrected chi connectivity index (χ2v) is 3.47. The number of aromatic nitrogens is 2. The molecular weight excluding hydrogens is 300 g/mol. The molecule has 1 radical (unpaired) electrons. The Labute approximate surface area is 118 Å². The number of pyridine rings is 2. The molecule has 19 heavy (non-hydrogen) atoms. The first-order valence-corrected chi connectivity index (χ1v) is 4.97. The van der Waals surface area contributed by atoms with Crippen molar-refractivity contribution in [2.45, 2.75) is 0 Å². The topological polar surface area (TPSA) is 100 Å². The number of hydrogen-bond donors (Lipinski definition) is 2. The molecule has 0 atom stereocenters. The molecule has 0 saturated heterocycles. The Bertz CT molecular complexity index is 575. The molecule has 0 aromatic carbocycles. The minimum absolute atomic E-state index is 0. The van der Waals surface area contributed by atoms with Gasteiger partial charge < -0.3 is 10.2 Å². The van der Waals surface area contributed by atoms with Crippen molar-refractivity contribution in [3.8, 4) is 11.4 Å². The zero-order valence-electron chi connectivity index (χ0n) is 9.37. The molecule has 2 aromatic heterocycles. The Morgan fingerprint density at radius 1 is 0.842 bits per heavy atom. The summed E-state index contributed by atoms with van der Waals surface area (Å²) in [4.78, 5) is 29.6. The Hall–Kier alpha value is -2.24. The summed E-state index contributed by atoms with van der Waals surface area (Å²) in [7, 11) is 0. The van der Waals surface area contributed by atoms with Crippen molar-refractivity contribution in [2.75, 3.05) is 0 Å². The Morgan fingerprint density at radius 2 is 1.21 bits per heavy atom. The summed E-state index contributed by atoms with van der Waals surface area (Å²) >= 11 is 0. The molecule has 2 aromatic rings. The fourth-order valence-electron chi connectivity index (χ4n) is 1.41. The van der Waals surface area contributed by atoms with Gasteiger partial charge in [0, 0.05) is 29.5 Å². The zero-order valence-corrected chi connectivity index (χ0v) is 10.3. The van der Waals surface area contributed by atoms with E-state index >= 15 is 0 Å². The fourth-order valence-corrected chi connectivity index (χ4v) is 1.41. The van der Waals surface area contributed by atoms with E-state index in [0.717, 1.165) is 0 Å². The maximum atomic E-state index is 10.8. The molecule has 101 valence electrons. The third kappa shape index (κ3) is 3.37. The van der Waals surface area contributed by atoms with Gasteiger partial charge in [0.25, 0.3) is 0 Å². The van der Waals surface area contributed by atoms with Gasteiger partial charge in [-0.25, -0.2) is 9.59 Å². The summed E-state index contributed by atoms with van der Waals surface area (Å²) in [6, 6.07) is 5.40. The maximum absolute atomic E-state index is 10.8. The van der Waals surface area contributed by atoms with Crippen LogP contribution in [0.2, 0.25) is 0 Å². The van der Waals surface area contributed by atoms with Crippen LogP contribution >= 0.6 is 0 Å². The van der Waals surface area contributed by atoms with Crippen LogP contribution in [0.15, 0.2) is 36.7 Å². The van der Waals surface area contributed by atoms with E-state index in [0.29, 0.717) is 11.4 Å². The summed E-state index contributed by atoms with van der Waals surface area (Å²) < 4.78 is 0. The minimum Gasteiger partial charge on any atom is -0.478 e. The molecule has 0 aliphatic carbocycles. The van der Waals surface area contributed by atoms with Crippen molar-refractivity contribution in [3.63, 3.8) is 0 Å². The van der Waals surface area contributed by atoms with Gasteiger partial charge in [-0.2, -0.15) is 0 Å². The van der Waals surface area contributed by atoms with E-state index in [1.807, 2.05) is 0 Å². The predicted octanol–water partition coefficient (Wildman–Crippen LogP) is 1.54. The van der Waals surface area contributed by atoms with Crippen molar-refractivity contribution < 1.29 is 36.9 Å². The van der Waals surface area contributed by atoms with Gasteiger partial charge in [-0.05, 0) is 24.3 Å². The first kappa shape index (κ1) is 14.8. The number of nitrogens with zero attached hydrogens (tertiary/aromatic N) is 2. The van der Waals surface area contributed by atoms with Gasteiger partial charge >= 0.3 is 11.9 Å². The Balaban J connectivity index is 0.00000180. The van der Waals surface area contributed by atoms with Crippen molar-refractivity contribution in [1.29, 1.82) is 0 Å². The molecule has 0 bridgehead atoms. The van der Waals surface area contributed by atoms with Crippen LogP contribution < -0.4 is 0 Å². The normalized spacial score (nSPS) is 9.47. The van der Waals surface area contributed by atoms with Gasteiger partial charge in [-0.15, -0.1) is 0 Å². The number of hydrogen-bond acceptors (Lipinski definition) is 4. The SMILES string of the molecule is O=C(O)c1ccnc(-c2cc(C(=O)O)ccn2)c1.[Cu]. The van der Waals surface area contributed by atoms with E-state index in [1.165, 1.54) is 36.7 Å². The van der Waals surface area contributed by atoms with Crippen LogP contribution in [-0.2, 0) is 17.1 Å². The van der Waals surface area contributed by atoms with Crippen molar-refractivity contribution >= 4 is 11.9 Å². The molecule has 2 rings (SSSR count). The van der Waals surface area contributed by atoms with Crippen LogP contribution in [0.5, 0.6) is 0 Å². The molecule has 0 unspecified atom stereocenters. The zero-order chi connectivity index (χ0) is 13.1. The number of carboxylic acid groups (broad SMARTS) is 2. The molecule has 0 saturated carbocycles. The van der Waals surface area contributed by atoms with Gasteiger partial charge in [0.1, 0.15) is 0 Å². The summed E-state index contributed by atoms with van der Waals surface area (Å²) in [6.07, 6.45) is 2.68. The van der Waals surface area contributed by atoms with Crippen LogP contribution in [0.25, 0.3) is 11.4 Å². The largest absolute Gasteiger partial charge is 0.478 e. The standard InChI is InChI=1S/C12H8N2O4.Cu/c15-11(16)7-1-3-13-9(5-7)10-6-8(12(17)18)2-4-14-10;/h1-6H,(H,15,16)(H,17,18);. The van der Waals surface area contributed by atoms with Gasteiger partial charge in [-0.3, -0.25) is 9.97 Å². The quantitative estimate of drug-likeness (QED) is 0.834. The van der Waals surface area contributed by atoms with Gasteiger partial charge in [-0.1, -0.05) is 0 Å². The van der Waals surface area contributed by atoms with Crippen LogP contribution in [-0.4, -0.2) is 32.1 Å². The molecule has 7 heteroatoms. The smallest absolute Gasteiger partial charge is 0.335 e. The molecule has 0 aliphatic rings. The second-order valence-electron chi connectivity index (χ2n) is 3.47. The van der Waals surface area contributed by atoms with E-state index in [4.69, 9.17) is 10.2 Å². The van der Waals surface area contributed by atoms with Crippen LogP contribution in [0.1, 0.15) is 20.7 Å². The second kappa shape index (κ2) is 6.08. The van der Waals surface area contributed by atoms with Crippen molar-refractivity contribution in [2.24, 2.45) is 0 Å². The van der Waals surface area contributed by atoms with Crippen molar-refractivity contribution in [3.05, 3.63) is 47.8 Å². The number of carbonyl (C=O) groups is 2. The fraction of sp³-hybridized carbons (Fsp3) is 0. The third-order valence-electron chi connectivity index (χ3n) is 2.28. The van der Waals surface area contributed by atoms with E-state index in [2.05, 4.69) is 9.97 Å². The molecule has 2 N–H and O–H groups in total.